The van der Waals surface area contributed by atoms with Crippen molar-refractivity contribution in [1.29, 1.82) is 0 Å². The van der Waals surface area contributed by atoms with Gasteiger partial charge in [0.15, 0.2) is 10.4 Å². The van der Waals surface area contributed by atoms with Crippen molar-refractivity contribution in [1.82, 2.24) is 4.98 Å². The summed E-state index contributed by atoms with van der Waals surface area (Å²) in [4.78, 5) is 26.7. The number of nitrogens with one attached hydrogen (secondary N) is 2. The molecule has 3 rings (SSSR count). The number of anilines is 1. The number of furan rings is 1. The Balaban J connectivity index is 1.94. The second kappa shape index (κ2) is 6.42. The van der Waals surface area contributed by atoms with E-state index in [1.807, 2.05) is 12.1 Å². The standard InChI is InChI=1S/C17H15BrN2O3/c1-2-3-10-8-16(21)20-13-9-11(4-5-12(10)13)19-17(22)14-6-7-15(18)23-14/h4-9H,2-3H2,1H3,(H,19,22)(H,20,21). The summed E-state index contributed by atoms with van der Waals surface area (Å²) in [5.74, 6) is -0.132. The maximum atomic E-state index is 12.1. The molecule has 3 aromatic rings. The van der Waals surface area contributed by atoms with Crippen LogP contribution in [0.5, 0.6) is 0 Å². The molecule has 0 unspecified atom stereocenters. The van der Waals surface area contributed by atoms with Gasteiger partial charge in [-0.05, 0) is 52.2 Å². The van der Waals surface area contributed by atoms with Gasteiger partial charge >= 0.3 is 0 Å². The number of amides is 1. The molecule has 1 aromatic carbocycles. The quantitative estimate of drug-likeness (QED) is 0.721. The van der Waals surface area contributed by atoms with Gasteiger partial charge in [0.25, 0.3) is 5.91 Å². The average molecular weight is 375 g/mol. The molecule has 118 valence electrons. The Hall–Kier alpha value is -2.34. The molecule has 0 fully saturated rings. The molecule has 2 aromatic heterocycles. The van der Waals surface area contributed by atoms with Crippen LogP contribution >= 0.6 is 15.9 Å². The van der Waals surface area contributed by atoms with Gasteiger partial charge < -0.3 is 14.7 Å². The van der Waals surface area contributed by atoms with Crippen molar-refractivity contribution in [2.24, 2.45) is 0 Å². The first-order chi connectivity index (χ1) is 11.1. The van der Waals surface area contributed by atoms with Gasteiger partial charge in [0.1, 0.15) is 0 Å². The van der Waals surface area contributed by atoms with Crippen LogP contribution < -0.4 is 10.9 Å². The van der Waals surface area contributed by atoms with Crippen LogP contribution in [-0.2, 0) is 6.42 Å². The highest BCUT2D eigenvalue weighted by Gasteiger charge is 2.11. The first-order valence-corrected chi connectivity index (χ1v) is 8.09. The van der Waals surface area contributed by atoms with Crippen molar-refractivity contribution in [2.45, 2.75) is 19.8 Å². The summed E-state index contributed by atoms with van der Waals surface area (Å²) < 4.78 is 5.72. The fourth-order valence-electron chi connectivity index (χ4n) is 2.52. The number of hydrogen-bond acceptors (Lipinski definition) is 3. The second-order valence-corrected chi connectivity index (χ2v) is 6.01. The molecule has 0 saturated heterocycles. The van der Waals surface area contributed by atoms with Crippen molar-refractivity contribution in [2.75, 3.05) is 5.32 Å². The third-order valence-corrected chi connectivity index (χ3v) is 3.93. The molecule has 0 atom stereocenters. The molecule has 0 aliphatic carbocycles. The van der Waals surface area contributed by atoms with Crippen molar-refractivity contribution < 1.29 is 9.21 Å². The molecule has 23 heavy (non-hydrogen) atoms. The number of fused-ring (bicyclic) bond motifs is 1. The summed E-state index contributed by atoms with van der Waals surface area (Å²) in [6, 6.07) is 10.3. The summed E-state index contributed by atoms with van der Waals surface area (Å²) in [6.07, 6.45) is 1.80. The average Bonchev–Trinajstić information content (AvgIpc) is 2.94. The normalized spacial score (nSPS) is 10.9. The lowest BCUT2D eigenvalue weighted by molar-refractivity contribution is 0.0995. The third kappa shape index (κ3) is 3.37. The number of benzene rings is 1. The summed E-state index contributed by atoms with van der Waals surface area (Å²) >= 11 is 3.16. The minimum Gasteiger partial charge on any atom is -0.444 e. The number of H-pyrrole nitrogens is 1. The van der Waals surface area contributed by atoms with Crippen LogP contribution in [0.3, 0.4) is 0 Å². The molecule has 0 aliphatic heterocycles. The van der Waals surface area contributed by atoms with E-state index in [9.17, 15) is 9.59 Å². The molecular formula is C17H15BrN2O3. The van der Waals surface area contributed by atoms with Crippen LogP contribution in [0.2, 0.25) is 0 Å². The van der Waals surface area contributed by atoms with E-state index in [-0.39, 0.29) is 17.2 Å². The molecule has 0 aliphatic rings. The number of aryl methyl sites for hydroxylation is 1. The van der Waals surface area contributed by atoms with E-state index in [0.717, 1.165) is 23.8 Å². The van der Waals surface area contributed by atoms with E-state index in [0.29, 0.717) is 15.9 Å². The number of pyridine rings is 1. The number of aromatic amines is 1. The van der Waals surface area contributed by atoms with Gasteiger partial charge in [0.05, 0.1) is 5.52 Å². The van der Waals surface area contributed by atoms with Crippen LogP contribution in [0.1, 0.15) is 29.5 Å². The number of halogens is 1. The summed E-state index contributed by atoms with van der Waals surface area (Å²) in [7, 11) is 0. The molecular weight excluding hydrogens is 360 g/mol. The molecule has 0 spiro atoms. The molecule has 0 saturated carbocycles. The highest BCUT2D eigenvalue weighted by Crippen LogP contribution is 2.22. The Bertz CT molecular complexity index is 927. The molecule has 2 N–H and O–H groups in total. The smallest absolute Gasteiger partial charge is 0.291 e. The zero-order valence-corrected chi connectivity index (χ0v) is 14.1. The number of rotatable bonds is 4. The SMILES string of the molecule is CCCc1cc(=O)[nH]c2cc(NC(=O)c3ccc(Br)o3)ccc12. The maximum absolute atomic E-state index is 12.1. The lowest BCUT2D eigenvalue weighted by Gasteiger charge is -2.08. The summed E-state index contributed by atoms with van der Waals surface area (Å²) in [6.45, 7) is 2.07. The summed E-state index contributed by atoms with van der Waals surface area (Å²) in [5.41, 5.74) is 2.18. The lowest BCUT2D eigenvalue weighted by Crippen LogP contribution is -2.11. The molecule has 0 radical (unpaired) electrons. The van der Waals surface area contributed by atoms with Gasteiger partial charge in [-0.15, -0.1) is 0 Å². The van der Waals surface area contributed by atoms with Gasteiger partial charge in [-0.2, -0.15) is 0 Å². The first-order valence-electron chi connectivity index (χ1n) is 7.29. The van der Waals surface area contributed by atoms with E-state index in [4.69, 9.17) is 4.42 Å². The molecule has 1 amide bonds. The molecule has 2 heterocycles. The van der Waals surface area contributed by atoms with Crippen LogP contribution in [0, 0.1) is 0 Å². The van der Waals surface area contributed by atoms with Crippen LogP contribution in [-0.4, -0.2) is 10.9 Å². The van der Waals surface area contributed by atoms with Gasteiger partial charge in [0.2, 0.25) is 5.56 Å². The van der Waals surface area contributed by atoms with E-state index in [2.05, 4.69) is 33.2 Å². The van der Waals surface area contributed by atoms with Gasteiger partial charge in [0, 0.05) is 17.1 Å². The predicted molar refractivity (Wildman–Crippen MR) is 92.9 cm³/mol. The zero-order chi connectivity index (χ0) is 16.4. The van der Waals surface area contributed by atoms with Crippen LogP contribution in [0.25, 0.3) is 10.9 Å². The van der Waals surface area contributed by atoms with Crippen molar-refractivity contribution in [3.63, 3.8) is 0 Å². The highest BCUT2D eigenvalue weighted by atomic mass is 79.9. The Morgan fingerprint density at radius 3 is 2.78 bits per heavy atom. The summed E-state index contributed by atoms with van der Waals surface area (Å²) in [5, 5.41) is 3.75. The van der Waals surface area contributed by atoms with Crippen LogP contribution in [0.4, 0.5) is 5.69 Å². The second-order valence-electron chi connectivity index (χ2n) is 5.23. The van der Waals surface area contributed by atoms with Gasteiger partial charge in [-0.1, -0.05) is 19.4 Å². The highest BCUT2D eigenvalue weighted by molar-refractivity contribution is 9.10. The minimum absolute atomic E-state index is 0.139. The molecule has 5 nitrogen and oxygen atoms in total. The van der Waals surface area contributed by atoms with Crippen molar-refractivity contribution in [3.8, 4) is 0 Å². The Labute approximate surface area is 140 Å². The Morgan fingerprint density at radius 1 is 1.26 bits per heavy atom. The van der Waals surface area contributed by atoms with E-state index < -0.39 is 0 Å². The zero-order valence-electron chi connectivity index (χ0n) is 12.5. The number of aromatic nitrogens is 1. The van der Waals surface area contributed by atoms with E-state index in [1.54, 1.807) is 24.3 Å². The third-order valence-electron chi connectivity index (χ3n) is 3.50. The fourth-order valence-corrected chi connectivity index (χ4v) is 2.82. The molecule has 6 heteroatoms. The fraction of sp³-hybridized carbons (Fsp3) is 0.176. The Kier molecular flexibility index (Phi) is 4.34. The molecule has 0 bridgehead atoms. The Morgan fingerprint density at radius 2 is 2.09 bits per heavy atom. The topological polar surface area (TPSA) is 75.1 Å². The monoisotopic (exact) mass is 374 g/mol. The van der Waals surface area contributed by atoms with Crippen molar-refractivity contribution in [3.05, 3.63) is 62.7 Å². The van der Waals surface area contributed by atoms with Gasteiger partial charge in [-0.25, -0.2) is 0 Å². The number of carbonyl (C=O) groups is 1. The first kappa shape index (κ1) is 15.6. The minimum atomic E-state index is -0.345. The predicted octanol–water partition coefficient (Wildman–Crippen LogP) is 4.09. The van der Waals surface area contributed by atoms with E-state index >= 15 is 0 Å². The van der Waals surface area contributed by atoms with Gasteiger partial charge in [-0.3, -0.25) is 9.59 Å². The van der Waals surface area contributed by atoms with E-state index in [1.165, 1.54) is 0 Å². The maximum Gasteiger partial charge on any atom is 0.291 e. The van der Waals surface area contributed by atoms with Crippen molar-refractivity contribution >= 4 is 38.4 Å². The largest absolute Gasteiger partial charge is 0.444 e. The van der Waals surface area contributed by atoms with Crippen LogP contribution in [0.15, 0.2) is 50.3 Å². The number of hydrogen-bond donors (Lipinski definition) is 2. The lowest BCUT2D eigenvalue weighted by atomic mass is 10.0. The number of carbonyl (C=O) groups excluding carboxylic acids is 1.